The van der Waals surface area contributed by atoms with Crippen LogP contribution in [0, 0.1) is 0 Å². The molecular formula is C33H21N5. The first-order valence-electron chi connectivity index (χ1n) is 12.4. The van der Waals surface area contributed by atoms with E-state index in [2.05, 4.69) is 70.6 Å². The molecule has 0 aliphatic carbocycles. The maximum absolute atomic E-state index is 4.93. The minimum atomic E-state index is 0.580. The van der Waals surface area contributed by atoms with Gasteiger partial charge in [0.15, 0.2) is 17.5 Å². The first-order chi connectivity index (χ1) is 18.8. The Morgan fingerprint density at radius 3 is 1.47 bits per heavy atom. The fourth-order valence-electron chi connectivity index (χ4n) is 4.63. The summed E-state index contributed by atoms with van der Waals surface area (Å²) in [6, 6.07) is 37.1. The molecule has 0 unspecified atom stereocenters. The largest absolute Gasteiger partial charge is 0.264 e. The molecular weight excluding hydrogens is 466 g/mol. The summed E-state index contributed by atoms with van der Waals surface area (Å²) in [6.45, 7) is 0. The van der Waals surface area contributed by atoms with E-state index in [1.807, 2.05) is 54.7 Å². The van der Waals surface area contributed by atoms with Crippen molar-refractivity contribution in [3.63, 3.8) is 0 Å². The van der Waals surface area contributed by atoms with Crippen molar-refractivity contribution in [3.8, 4) is 45.4 Å². The maximum atomic E-state index is 4.93. The van der Waals surface area contributed by atoms with Gasteiger partial charge in [0, 0.05) is 40.8 Å². The number of hydrogen-bond acceptors (Lipinski definition) is 5. The Labute approximate surface area is 219 Å². The summed E-state index contributed by atoms with van der Waals surface area (Å²) in [7, 11) is 0. The molecule has 5 nitrogen and oxygen atoms in total. The van der Waals surface area contributed by atoms with Crippen LogP contribution in [0.2, 0.25) is 0 Å². The van der Waals surface area contributed by atoms with Crippen LogP contribution in [0.25, 0.3) is 67.0 Å². The molecule has 3 aromatic heterocycles. The summed E-state index contributed by atoms with van der Waals surface area (Å²) in [5.74, 6) is 1.83. The molecule has 0 N–H and O–H groups in total. The van der Waals surface area contributed by atoms with Gasteiger partial charge in [-0.25, -0.2) is 15.0 Å². The van der Waals surface area contributed by atoms with E-state index in [9.17, 15) is 0 Å². The normalized spacial score (nSPS) is 11.2. The number of rotatable bonds is 4. The minimum Gasteiger partial charge on any atom is -0.264 e. The van der Waals surface area contributed by atoms with Crippen LogP contribution >= 0.6 is 0 Å². The van der Waals surface area contributed by atoms with Crippen LogP contribution in [0.15, 0.2) is 128 Å². The maximum Gasteiger partial charge on any atom is 0.165 e. The Balaban J connectivity index is 1.38. The average molecular weight is 488 g/mol. The highest BCUT2D eigenvalue weighted by Crippen LogP contribution is 2.29. The fourth-order valence-corrected chi connectivity index (χ4v) is 4.63. The van der Waals surface area contributed by atoms with E-state index in [1.165, 1.54) is 10.8 Å². The Bertz CT molecular complexity index is 1820. The molecule has 7 rings (SSSR count). The van der Waals surface area contributed by atoms with Gasteiger partial charge in [0.2, 0.25) is 0 Å². The SMILES string of the molecule is c1cncc(-c2ccc(-c3nc(-c4ccc5ccccc5c4)nc(-c4ccc5ccccc5c4)n3)cn2)c1. The number of hydrogen-bond donors (Lipinski definition) is 0. The molecule has 0 saturated heterocycles. The molecule has 0 aliphatic rings. The first-order valence-corrected chi connectivity index (χ1v) is 12.4. The summed E-state index contributed by atoms with van der Waals surface area (Å²) in [5.41, 5.74) is 4.51. The second-order valence-corrected chi connectivity index (χ2v) is 9.10. The van der Waals surface area contributed by atoms with E-state index < -0.39 is 0 Å². The first kappa shape index (κ1) is 21.9. The molecule has 0 amide bonds. The minimum absolute atomic E-state index is 0.580. The van der Waals surface area contributed by atoms with E-state index in [1.54, 1.807) is 12.4 Å². The smallest absolute Gasteiger partial charge is 0.165 e. The lowest BCUT2D eigenvalue weighted by Gasteiger charge is -2.10. The molecule has 4 aromatic carbocycles. The zero-order chi connectivity index (χ0) is 25.3. The topological polar surface area (TPSA) is 64.5 Å². The van der Waals surface area contributed by atoms with Crippen LogP contribution in [0.1, 0.15) is 0 Å². The Morgan fingerprint density at radius 1 is 0.395 bits per heavy atom. The molecule has 0 bridgehead atoms. The zero-order valence-corrected chi connectivity index (χ0v) is 20.4. The number of nitrogens with zero attached hydrogens (tertiary/aromatic N) is 5. The van der Waals surface area contributed by atoms with Gasteiger partial charge >= 0.3 is 0 Å². The molecule has 0 atom stereocenters. The molecule has 178 valence electrons. The van der Waals surface area contributed by atoms with Crippen LogP contribution in [-0.4, -0.2) is 24.9 Å². The van der Waals surface area contributed by atoms with Gasteiger partial charge in [0.05, 0.1) is 5.69 Å². The van der Waals surface area contributed by atoms with Crippen molar-refractivity contribution in [1.29, 1.82) is 0 Å². The molecule has 0 fully saturated rings. The van der Waals surface area contributed by atoms with Gasteiger partial charge in [-0.15, -0.1) is 0 Å². The summed E-state index contributed by atoms with van der Waals surface area (Å²) in [4.78, 5) is 23.6. The third-order valence-electron chi connectivity index (χ3n) is 6.63. The van der Waals surface area contributed by atoms with Crippen molar-refractivity contribution >= 4 is 21.5 Å². The van der Waals surface area contributed by atoms with E-state index in [0.717, 1.165) is 38.7 Å². The molecule has 38 heavy (non-hydrogen) atoms. The van der Waals surface area contributed by atoms with Gasteiger partial charge in [0.25, 0.3) is 0 Å². The lowest BCUT2D eigenvalue weighted by Crippen LogP contribution is -2.00. The molecule has 0 radical (unpaired) electrons. The number of aromatic nitrogens is 5. The molecule has 0 aliphatic heterocycles. The zero-order valence-electron chi connectivity index (χ0n) is 20.4. The number of benzene rings is 4. The molecule has 0 saturated carbocycles. The van der Waals surface area contributed by atoms with Crippen molar-refractivity contribution < 1.29 is 0 Å². The van der Waals surface area contributed by atoms with Gasteiger partial charge in [-0.05, 0) is 57.9 Å². The highest BCUT2D eigenvalue weighted by Gasteiger charge is 2.14. The van der Waals surface area contributed by atoms with Crippen LogP contribution in [0.5, 0.6) is 0 Å². The van der Waals surface area contributed by atoms with Crippen molar-refractivity contribution in [2.24, 2.45) is 0 Å². The summed E-state index contributed by atoms with van der Waals surface area (Å²) >= 11 is 0. The van der Waals surface area contributed by atoms with E-state index >= 15 is 0 Å². The van der Waals surface area contributed by atoms with Gasteiger partial charge in [-0.2, -0.15) is 0 Å². The number of fused-ring (bicyclic) bond motifs is 2. The van der Waals surface area contributed by atoms with E-state index in [-0.39, 0.29) is 0 Å². The number of pyridine rings is 2. The van der Waals surface area contributed by atoms with Crippen molar-refractivity contribution in [1.82, 2.24) is 24.9 Å². The highest BCUT2D eigenvalue weighted by molar-refractivity contribution is 5.88. The predicted octanol–water partition coefficient (Wildman–Crippen LogP) is 7.64. The van der Waals surface area contributed by atoms with Crippen molar-refractivity contribution in [3.05, 3.63) is 128 Å². The predicted molar refractivity (Wildman–Crippen MR) is 152 cm³/mol. The third kappa shape index (κ3) is 4.16. The van der Waals surface area contributed by atoms with Gasteiger partial charge in [-0.3, -0.25) is 9.97 Å². The quantitative estimate of drug-likeness (QED) is 0.255. The third-order valence-corrected chi connectivity index (χ3v) is 6.63. The van der Waals surface area contributed by atoms with Gasteiger partial charge in [0.1, 0.15) is 0 Å². The van der Waals surface area contributed by atoms with Crippen molar-refractivity contribution in [2.75, 3.05) is 0 Å². The monoisotopic (exact) mass is 487 g/mol. The summed E-state index contributed by atoms with van der Waals surface area (Å²) < 4.78 is 0. The molecule has 0 spiro atoms. The second-order valence-electron chi connectivity index (χ2n) is 9.10. The van der Waals surface area contributed by atoms with E-state index in [4.69, 9.17) is 15.0 Å². The Kier molecular flexibility index (Phi) is 5.37. The van der Waals surface area contributed by atoms with E-state index in [0.29, 0.717) is 17.5 Å². The lowest BCUT2D eigenvalue weighted by atomic mass is 10.1. The van der Waals surface area contributed by atoms with Crippen LogP contribution in [0.3, 0.4) is 0 Å². The van der Waals surface area contributed by atoms with Crippen molar-refractivity contribution in [2.45, 2.75) is 0 Å². The second kappa shape index (κ2) is 9.30. The Hall–Kier alpha value is -5.29. The highest BCUT2D eigenvalue weighted by atomic mass is 15.0. The van der Waals surface area contributed by atoms with Crippen LogP contribution < -0.4 is 0 Å². The lowest BCUT2D eigenvalue weighted by molar-refractivity contribution is 1.07. The van der Waals surface area contributed by atoms with Crippen LogP contribution in [0.4, 0.5) is 0 Å². The fraction of sp³-hybridized carbons (Fsp3) is 0. The summed E-state index contributed by atoms with van der Waals surface area (Å²) in [6.07, 6.45) is 5.37. The van der Waals surface area contributed by atoms with Gasteiger partial charge in [-0.1, -0.05) is 72.8 Å². The average Bonchev–Trinajstić information content (AvgIpc) is 3.01. The summed E-state index contributed by atoms with van der Waals surface area (Å²) in [5, 5.41) is 4.63. The van der Waals surface area contributed by atoms with Gasteiger partial charge < -0.3 is 0 Å². The molecule has 7 aromatic rings. The molecule has 5 heteroatoms. The molecule has 3 heterocycles. The van der Waals surface area contributed by atoms with Crippen LogP contribution in [-0.2, 0) is 0 Å². The standard InChI is InChI=1S/C33H21N5/c1-3-8-24-18-26(13-11-22(24)6-1)31-36-32(27-14-12-23-7-2-4-9-25(23)19-27)38-33(37-31)29-15-16-30(35-21-29)28-10-5-17-34-20-28/h1-21H. The Morgan fingerprint density at radius 2 is 0.947 bits per heavy atom.